The number of benzene rings is 1. The summed E-state index contributed by atoms with van der Waals surface area (Å²) in [6.07, 6.45) is 5.74. The lowest BCUT2D eigenvalue weighted by Crippen LogP contribution is -2.47. The summed E-state index contributed by atoms with van der Waals surface area (Å²) < 4.78 is 5.27. The Morgan fingerprint density at radius 1 is 1.25 bits per heavy atom. The molecule has 0 N–H and O–H groups in total. The number of hydrogen-bond acceptors (Lipinski definition) is 3. The Labute approximate surface area is 122 Å². The number of ether oxygens (including phenoxy) is 1. The van der Waals surface area contributed by atoms with E-state index in [1.807, 2.05) is 18.2 Å². The van der Waals surface area contributed by atoms with Crippen molar-refractivity contribution in [3.63, 3.8) is 0 Å². The molecule has 0 bridgehead atoms. The van der Waals surface area contributed by atoms with Gasteiger partial charge in [-0.05, 0) is 50.6 Å². The van der Waals surface area contributed by atoms with Gasteiger partial charge in [-0.2, -0.15) is 5.26 Å². The fraction of sp³-hybridized carbons (Fsp3) is 0.588. The molecular weight excluding hydrogens is 248 g/mol. The van der Waals surface area contributed by atoms with Gasteiger partial charge in [0.25, 0.3) is 0 Å². The Bertz CT molecular complexity index is 472. The average molecular weight is 272 g/mol. The van der Waals surface area contributed by atoms with E-state index in [0.717, 1.165) is 30.8 Å². The summed E-state index contributed by atoms with van der Waals surface area (Å²) in [7, 11) is 1.68. The van der Waals surface area contributed by atoms with Crippen molar-refractivity contribution in [2.45, 2.75) is 44.6 Å². The highest BCUT2D eigenvalue weighted by atomic mass is 16.5. The Morgan fingerprint density at radius 3 is 2.55 bits per heavy atom. The van der Waals surface area contributed by atoms with Crippen LogP contribution in [0.4, 0.5) is 0 Å². The van der Waals surface area contributed by atoms with Gasteiger partial charge in [0.05, 0.1) is 13.2 Å². The molecular formula is C17H24N2O. The number of hydrogen-bond donors (Lipinski definition) is 0. The molecule has 0 radical (unpaired) electrons. The summed E-state index contributed by atoms with van der Waals surface area (Å²) in [5.74, 6) is 0.860. The number of methoxy groups -OCH3 is 1. The van der Waals surface area contributed by atoms with E-state index in [0.29, 0.717) is 0 Å². The number of nitrogens with zero attached hydrogens (tertiary/aromatic N) is 2. The van der Waals surface area contributed by atoms with Crippen molar-refractivity contribution in [2.24, 2.45) is 0 Å². The third kappa shape index (κ3) is 3.52. The average Bonchev–Trinajstić information content (AvgIpc) is 2.77. The van der Waals surface area contributed by atoms with Gasteiger partial charge in [0, 0.05) is 6.42 Å². The minimum absolute atomic E-state index is 0.420. The maximum absolute atomic E-state index is 9.69. The number of nitriles is 1. The van der Waals surface area contributed by atoms with Gasteiger partial charge in [-0.1, -0.05) is 25.0 Å². The zero-order valence-corrected chi connectivity index (χ0v) is 12.6. The topological polar surface area (TPSA) is 36.3 Å². The van der Waals surface area contributed by atoms with Crippen LogP contribution in [0.1, 0.15) is 38.2 Å². The fourth-order valence-corrected chi connectivity index (χ4v) is 2.97. The normalized spacial score (nSPS) is 19.6. The Balaban J connectivity index is 2.15. The Hall–Kier alpha value is -1.53. The molecule has 1 aliphatic rings. The van der Waals surface area contributed by atoms with Gasteiger partial charge in [-0.25, -0.2) is 0 Å². The molecule has 1 fully saturated rings. The first-order valence-corrected chi connectivity index (χ1v) is 7.47. The van der Waals surface area contributed by atoms with Crippen LogP contribution in [0, 0.1) is 11.3 Å². The summed E-state index contributed by atoms with van der Waals surface area (Å²) in [6.45, 7) is 4.14. The SMILES string of the molecule is COc1cccc(CC(C)(C#N)N2CCCCCC2)c1. The quantitative estimate of drug-likeness (QED) is 0.843. The van der Waals surface area contributed by atoms with E-state index in [2.05, 4.69) is 24.0 Å². The summed E-state index contributed by atoms with van der Waals surface area (Å²) in [5.41, 5.74) is 0.745. The Kier molecular flexibility index (Phi) is 5.03. The van der Waals surface area contributed by atoms with Crippen molar-refractivity contribution in [1.82, 2.24) is 4.90 Å². The van der Waals surface area contributed by atoms with E-state index in [-0.39, 0.29) is 0 Å². The van der Waals surface area contributed by atoms with Crippen LogP contribution in [0.3, 0.4) is 0 Å². The van der Waals surface area contributed by atoms with Crippen LogP contribution in [0.5, 0.6) is 5.75 Å². The molecule has 0 saturated carbocycles. The smallest absolute Gasteiger partial charge is 0.119 e. The van der Waals surface area contributed by atoms with E-state index >= 15 is 0 Å². The minimum atomic E-state index is -0.420. The lowest BCUT2D eigenvalue weighted by Gasteiger charge is -2.35. The van der Waals surface area contributed by atoms with Crippen LogP contribution in [0.25, 0.3) is 0 Å². The van der Waals surface area contributed by atoms with Gasteiger partial charge in [0.15, 0.2) is 0 Å². The van der Waals surface area contributed by atoms with Crippen LogP contribution in [-0.4, -0.2) is 30.6 Å². The molecule has 3 nitrogen and oxygen atoms in total. The summed E-state index contributed by atoms with van der Waals surface area (Å²) in [5, 5.41) is 9.69. The molecule has 1 aromatic carbocycles. The summed E-state index contributed by atoms with van der Waals surface area (Å²) in [4.78, 5) is 2.36. The molecule has 1 aliphatic heterocycles. The van der Waals surface area contributed by atoms with Gasteiger partial charge in [-0.15, -0.1) is 0 Å². The van der Waals surface area contributed by atoms with E-state index in [9.17, 15) is 5.26 Å². The molecule has 108 valence electrons. The van der Waals surface area contributed by atoms with Crippen molar-refractivity contribution < 1.29 is 4.74 Å². The molecule has 2 rings (SSSR count). The highest BCUT2D eigenvalue weighted by Gasteiger charge is 2.32. The van der Waals surface area contributed by atoms with Crippen LogP contribution >= 0.6 is 0 Å². The van der Waals surface area contributed by atoms with Gasteiger partial charge >= 0.3 is 0 Å². The molecule has 1 heterocycles. The van der Waals surface area contributed by atoms with E-state index in [1.54, 1.807) is 7.11 Å². The van der Waals surface area contributed by atoms with Crippen LogP contribution < -0.4 is 4.74 Å². The zero-order valence-electron chi connectivity index (χ0n) is 12.6. The van der Waals surface area contributed by atoms with Crippen LogP contribution in [-0.2, 0) is 6.42 Å². The Morgan fingerprint density at radius 2 is 1.95 bits per heavy atom. The second-order valence-electron chi connectivity index (χ2n) is 5.82. The summed E-state index contributed by atoms with van der Waals surface area (Å²) >= 11 is 0. The fourth-order valence-electron chi connectivity index (χ4n) is 2.97. The standard InChI is InChI=1S/C17H24N2O/c1-17(14-18,19-10-5-3-4-6-11-19)13-15-8-7-9-16(12-15)20-2/h7-9,12H,3-6,10-11,13H2,1-2H3. The molecule has 1 unspecified atom stereocenters. The van der Waals surface area contributed by atoms with Crippen LogP contribution in [0.15, 0.2) is 24.3 Å². The lowest BCUT2D eigenvalue weighted by atomic mass is 9.92. The molecule has 20 heavy (non-hydrogen) atoms. The van der Waals surface area contributed by atoms with Gasteiger partial charge in [0.1, 0.15) is 11.3 Å². The van der Waals surface area contributed by atoms with Gasteiger partial charge in [0.2, 0.25) is 0 Å². The highest BCUT2D eigenvalue weighted by molar-refractivity contribution is 5.31. The first-order chi connectivity index (χ1) is 9.68. The second kappa shape index (κ2) is 6.76. The molecule has 1 atom stereocenters. The second-order valence-corrected chi connectivity index (χ2v) is 5.82. The summed E-state index contributed by atoms with van der Waals surface area (Å²) in [6, 6.07) is 10.6. The zero-order chi connectivity index (χ0) is 14.4. The monoisotopic (exact) mass is 272 g/mol. The predicted molar refractivity (Wildman–Crippen MR) is 80.8 cm³/mol. The lowest BCUT2D eigenvalue weighted by molar-refractivity contribution is 0.157. The van der Waals surface area contributed by atoms with Crippen LogP contribution in [0.2, 0.25) is 0 Å². The molecule has 1 saturated heterocycles. The maximum Gasteiger partial charge on any atom is 0.119 e. The van der Waals surface area contributed by atoms with Crippen molar-refractivity contribution in [1.29, 1.82) is 5.26 Å². The first-order valence-electron chi connectivity index (χ1n) is 7.47. The molecule has 0 aromatic heterocycles. The predicted octanol–water partition coefficient (Wildman–Crippen LogP) is 3.40. The molecule has 0 aliphatic carbocycles. The van der Waals surface area contributed by atoms with E-state index in [1.165, 1.54) is 25.7 Å². The van der Waals surface area contributed by atoms with E-state index < -0.39 is 5.54 Å². The van der Waals surface area contributed by atoms with Crippen molar-refractivity contribution in [2.75, 3.05) is 20.2 Å². The van der Waals surface area contributed by atoms with Crippen molar-refractivity contribution in [3.05, 3.63) is 29.8 Å². The van der Waals surface area contributed by atoms with Gasteiger partial charge < -0.3 is 4.74 Å². The third-order valence-electron chi connectivity index (χ3n) is 4.23. The van der Waals surface area contributed by atoms with Gasteiger partial charge in [-0.3, -0.25) is 4.90 Å². The highest BCUT2D eigenvalue weighted by Crippen LogP contribution is 2.25. The largest absolute Gasteiger partial charge is 0.497 e. The maximum atomic E-state index is 9.69. The third-order valence-corrected chi connectivity index (χ3v) is 4.23. The molecule has 0 spiro atoms. The van der Waals surface area contributed by atoms with E-state index in [4.69, 9.17) is 4.74 Å². The number of rotatable bonds is 4. The molecule has 0 amide bonds. The first kappa shape index (κ1) is 14.9. The minimum Gasteiger partial charge on any atom is -0.497 e. The number of likely N-dealkylation sites (tertiary alicyclic amines) is 1. The molecule has 1 aromatic rings. The van der Waals surface area contributed by atoms with Crippen molar-refractivity contribution in [3.8, 4) is 11.8 Å². The molecule has 3 heteroatoms. The van der Waals surface area contributed by atoms with Crippen molar-refractivity contribution >= 4 is 0 Å².